The summed E-state index contributed by atoms with van der Waals surface area (Å²) >= 11 is 1.63. The molecule has 0 unspecified atom stereocenters. The number of hydrogen-bond donors (Lipinski definition) is 1. The zero-order valence-electron chi connectivity index (χ0n) is 13.8. The van der Waals surface area contributed by atoms with Crippen molar-refractivity contribution in [3.8, 4) is 0 Å². The SMILES string of the molecule is Cc1nc(NCCS(=O)(=O)c2ccccc2)c2c(C)c(C)sc2n1. The summed E-state index contributed by atoms with van der Waals surface area (Å²) < 4.78 is 24.7. The van der Waals surface area contributed by atoms with Gasteiger partial charge in [-0.15, -0.1) is 11.3 Å². The Balaban J connectivity index is 1.82. The molecule has 5 nitrogen and oxygen atoms in total. The lowest BCUT2D eigenvalue weighted by molar-refractivity contribution is 0.596. The fourth-order valence-corrected chi connectivity index (χ4v) is 4.79. The van der Waals surface area contributed by atoms with E-state index in [2.05, 4.69) is 22.2 Å². The highest BCUT2D eigenvalue weighted by molar-refractivity contribution is 7.91. The van der Waals surface area contributed by atoms with Gasteiger partial charge in [0.25, 0.3) is 0 Å². The second-order valence-electron chi connectivity index (χ2n) is 5.64. The highest BCUT2D eigenvalue weighted by Crippen LogP contribution is 2.33. The second-order valence-corrected chi connectivity index (χ2v) is 8.95. The maximum atomic E-state index is 12.4. The van der Waals surface area contributed by atoms with Gasteiger partial charge in [0.05, 0.1) is 16.0 Å². The number of fused-ring (bicyclic) bond motifs is 1. The molecule has 0 spiro atoms. The molecule has 0 aliphatic rings. The summed E-state index contributed by atoms with van der Waals surface area (Å²) in [5.74, 6) is 1.41. The molecule has 3 aromatic rings. The molecule has 24 heavy (non-hydrogen) atoms. The van der Waals surface area contributed by atoms with Crippen molar-refractivity contribution in [2.24, 2.45) is 0 Å². The van der Waals surface area contributed by atoms with Crippen LogP contribution in [-0.2, 0) is 9.84 Å². The van der Waals surface area contributed by atoms with Crippen molar-refractivity contribution in [2.75, 3.05) is 17.6 Å². The summed E-state index contributed by atoms with van der Waals surface area (Å²) in [4.78, 5) is 11.4. The average molecular weight is 361 g/mol. The van der Waals surface area contributed by atoms with E-state index in [0.29, 0.717) is 23.1 Å². The highest BCUT2D eigenvalue weighted by atomic mass is 32.2. The lowest BCUT2D eigenvalue weighted by Crippen LogP contribution is -2.17. The van der Waals surface area contributed by atoms with Gasteiger partial charge >= 0.3 is 0 Å². The normalized spacial score (nSPS) is 11.8. The van der Waals surface area contributed by atoms with Crippen molar-refractivity contribution < 1.29 is 8.42 Å². The van der Waals surface area contributed by atoms with E-state index in [1.165, 1.54) is 4.88 Å². The van der Waals surface area contributed by atoms with Gasteiger partial charge in [-0.1, -0.05) is 18.2 Å². The molecule has 2 aromatic heterocycles. The molecule has 3 rings (SSSR count). The molecular formula is C17H19N3O2S2. The summed E-state index contributed by atoms with van der Waals surface area (Å²) in [6, 6.07) is 8.51. The number of benzene rings is 1. The maximum absolute atomic E-state index is 12.4. The van der Waals surface area contributed by atoms with Crippen molar-refractivity contribution in [1.29, 1.82) is 0 Å². The van der Waals surface area contributed by atoms with Crippen molar-refractivity contribution in [2.45, 2.75) is 25.7 Å². The number of nitrogens with one attached hydrogen (secondary N) is 1. The second kappa shape index (κ2) is 6.49. The van der Waals surface area contributed by atoms with Crippen LogP contribution in [0.5, 0.6) is 0 Å². The van der Waals surface area contributed by atoms with Gasteiger partial charge in [-0.25, -0.2) is 18.4 Å². The van der Waals surface area contributed by atoms with Gasteiger partial charge in [0.1, 0.15) is 16.5 Å². The van der Waals surface area contributed by atoms with E-state index in [-0.39, 0.29) is 5.75 Å². The summed E-state index contributed by atoms with van der Waals surface area (Å²) in [7, 11) is -3.30. The van der Waals surface area contributed by atoms with Crippen LogP contribution in [0.15, 0.2) is 35.2 Å². The van der Waals surface area contributed by atoms with Crippen molar-refractivity contribution >= 4 is 37.2 Å². The number of thiophene rings is 1. The van der Waals surface area contributed by atoms with Crippen LogP contribution in [0.25, 0.3) is 10.2 Å². The monoisotopic (exact) mass is 361 g/mol. The summed E-state index contributed by atoms with van der Waals surface area (Å²) in [5, 5.41) is 4.17. The zero-order valence-corrected chi connectivity index (χ0v) is 15.5. The van der Waals surface area contributed by atoms with E-state index in [9.17, 15) is 8.42 Å². The molecule has 0 saturated carbocycles. The van der Waals surface area contributed by atoms with Gasteiger partial charge in [-0.05, 0) is 38.5 Å². The minimum absolute atomic E-state index is 0.0176. The smallest absolute Gasteiger partial charge is 0.180 e. The molecule has 0 atom stereocenters. The summed E-state index contributed by atoms with van der Waals surface area (Å²) in [6.45, 7) is 6.24. The molecule has 2 heterocycles. The van der Waals surface area contributed by atoms with Gasteiger partial charge in [0.2, 0.25) is 0 Å². The van der Waals surface area contributed by atoms with E-state index in [0.717, 1.165) is 15.8 Å². The molecule has 0 fully saturated rings. The lowest BCUT2D eigenvalue weighted by atomic mass is 10.2. The van der Waals surface area contributed by atoms with Crippen molar-refractivity contribution in [1.82, 2.24) is 9.97 Å². The average Bonchev–Trinajstić information content (AvgIpc) is 2.82. The highest BCUT2D eigenvalue weighted by Gasteiger charge is 2.16. The van der Waals surface area contributed by atoms with E-state index >= 15 is 0 Å². The number of rotatable bonds is 5. The third-order valence-corrected chi connectivity index (χ3v) is 6.74. The van der Waals surface area contributed by atoms with E-state index in [4.69, 9.17) is 0 Å². The Labute approximate surface area is 145 Å². The molecule has 1 aromatic carbocycles. The van der Waals surface area contributed by atoms with Crippen LogP contribution < -0.4 is 5.32 Å². The Morgan fingerprint density at radius 2 is 1.79 bits per heavy atom. The first-order chi connectivity index (χ1) is 11.4. The maximum Gasteiger partial charge on any atom is 0.180 e. The Morgan fingerprint density at radius 3 is 2.50 bits per heavy atom. The number of aromatic nitrogens is 2. The van der Waals surface area contributed by atoms with Crippen LogP contribution in [0.3, 0.4) is 0 Å². The van der Waals surface area contributed by atoms with Crippen LogP contribution in [0.4, 0.5) is 5.82 Å². The van der Waals surface area contributed by atoms with Crippen LogP contribution >= 0.6 is 11.3 Å². The van der Waals surface area contributed by atoms with Crippen LogP contribution in [0.1, 0.15) is 16.3 Å². The first-order valence-corrected chi connectivity index (χ1v) is 10.1. The third-order valence-electron chi connectivity index (χ3n) is 3.91. The molecule has 0 radical (unpaired) electrons. The van der Waals surface area contributed by atoms with Crippen LogP contribution in [0.2, 0.25) is 0 Å². The first-order valence-electron chi connectivity index (χ1n) is 7.64. The summed E-state index contributed by atoms with van der Waals surface area (Å²) in [6.07, 6.45) is 0. The first kappa shape index (κ1) is 16.9. The Bertz CT molecular complexity index is 980. The molecule has 1 N–H and O–H groups in total. The van der Waals surface area contributed by atoms with Gasteiger partial charge in [0.15, 0.2) is 9.84 Å². The fraction of sp³-hybridized carbons (Fsp3) is 0.294. The van der Waals surface area contributed by atoms with Crippen molar-refractivity contribution in [3.63, 3.8) is 0 Å². The van der Waals surface area contributed by atoms with Crippen LogP contribution in [0, 0.1) is 20.8 Å². The molecule has 7 heteroatoms. The Morgan fingerprint density at radius 1 is 1.08 bits per heavy atom. The predicted molar refractivity (Wildman–Crippen MR) is 98.6 cm³/mol. The molecule has 0 bridgehead atoms. The summed E-state index contributed by atoms with van der Waals surface area (Å²) in [5.41, 5.74) is 1.14. The molecule has 0 aliphatic carbocycles. The number of sulfone groups is 1. The topological polar surface area (TPSA) is 72.0 Å². The molecule has 0 amide bonds. The van der Waals surface area contributed by atoms with Gasteiger partial charge in [-0.2, -0.15) is 0 Å². The fourth-order valence-electron chi connectivity index (χ4n) is 2.53. The van der Waals surface area contributed by atoms with E-state index in [1.807, 2.05) is 13.8 Å². The number of anilines is 1. The minimum atomic E-state index is -3.30. The van der Waals surface area contributed by atoms with E-state index < -0.39 is 9.84 Å². The predicted octanol–water partition coefficient (Wildman–Crippen LogP) is 3.50. The Kier molecular flexibility index (Phi) is 4.56. The standard InChI is InChI=1S/C17H19N3O2S2/c1-11-12(2)23-17-15(11)16(19-13(3)20-17)18-9-10-24(21,22)14-7-5-4-6-8-14/h4-8H,9-10H2,1-3H3,(H,18,19,20). The number of aryl methyl sites for hydroxylation is 3. The minimum Gasteiger partial charge on any atom is -0.368 e. The van der Waals surface area contributed by atoms with Crippen LogP contribution in [-0.4, -0.2) is 30.7 Å². The zero-order chi connectivity index (χ0) is 17.3. The lowest BCUT2D eigenvalue weighted by Gasteiger charge is -2.09. The number of hydrogen-bond acceptors (Lipinski definition) is 6. The third kappa shape index (κ3) is 3.27. The van der Waals surface area contributed by atoms with E-state index in [1.54, 1.807) is 41.7 Å². The molecule has 0 aliphatic heterocycles. The van der Waals surface area contributed by atoms with Gasteiger partial charge in [-0.3, -0.25) is 0 Å². The van der Waals surface area contributed by atoms with Gasteiger partial charge < -0.3 is 5.32 Å². The number of nitrogens with zero attached hydrogens (tertiary/aromatic N) is 2. The quantitative estimate of drug-likeness (QED) is 0.753. The Hall–Kier alpha value is -1.99. The molecular weight excluding hydrogens is 342 g/mol. The molecule has 126 valence electrons. The largest absolute Gasteiger partial charge is 0.368 e. The van der Waals surface area contributed by atoms with Gasteiger partial charge in [0, 0.05) is 11.4 Å². The molecule has 0 saturated heterocycles. The van der Waals surface area contributed by atoms with Crippen molar-refractivity contribution in [3.05, 3.63) is 46.6 Å².